The number of fused-ring (bicyclic) bond motifs is 5. The molecule has 0 radical (unpaired) electrons. The average Bonchev–Trinajstić information content (AvgIpc) is 3.01. The Hall–Kier alpha value is -0.650. The van der Waals surface area contributed by atoms with Crippen molar-refractivity contribution < 1.29 is 25.2 Å². The molecule has 11 atom stereocenters. The van der Waals surface area contributed by atoms with Crippen molar-refractivity contribution in [3.8, 4) is 0 Å². The van der Waals surface area contributed by atoms with Gasteiger partial charge in [0, 0.05) is 6.42 Å². The summed E-state index contributed by atoms with van der Waals surface area (Å²) in [5.41, 5.74) is -0.143. The summed E-state index contributed by atoms with van der Waals surface area (Å²) < 4.78 is 0. The monoisotopic (exact) mass is 408 g/mol. The number of aliphatic hydroxyl groups is 3. The van der Waals surface area contributed by atoms with Gasteiger partial charge in [0.15, 0.2) is 0 Å². The normalized spacial score (nSPS) is 52.9. The third kappa shape index (κ3) is 3.27. The van der Waals surface area contributed by atoms with Gasteiger partial charge in [0.25, 0.3) is 0 Å². The fraction of sp³-hybridized carbons (Fsp3) is 0.958. The Morgan fingerprint density at radius 2 is 1.76 bits per heavy atom. The molecule has 0 aromatic rings. The molecule has 4 saturated carbocycles. The highest BCUT2D eigenvalue weighted by Crippen LogP contribution is 2.68. The van der Waals surface area contributed by atoms with Crippen LogP contribution in [0, 0.1) is 46.3 Å². The molecule has 5 nitrogen and oxygen atoms in total. The fourth-order valence-electron chi connectivity index (χ4n) is 8.68. The maximum Gasteiger partial charge on any atom is 0.303 e. The first-order valence-corrected chi connectivity index (χ1v) is 11.8. The molecule has 4 aliphatic rings. The number of aliphatic carboxylic acids is 1. The van der Waals surface area contributed by atoms with E-state index in [1.807, 2.05) is 0 Å². The predicted molar refractivity (Wildman–Crippen MR) is 110 cm³/mol. The predicted octanol–water partition coefficient (Wildman–Crippen LogP) is 3.45. The summed E-state index contributed by atoms with van der Waals surface area (Å²) >= 11 is 0. The lowest BCUT2D eigenvalue weighted by Gasteiger charge is -2.63. The molecule has 0 heterocycles. The van der Waals surface area contributed by atoms with E-state index in [4.69, 9.17) is 5.11 Å². The molecule has 0 aromatic carbocycles. The summed E-state index contributed by atoms with van der Waals surface area (Å²) in [5, 5.41) is 42.0. The van der Waals surface area contributed by atoms with Gasteiger partial charge in [-0.25, -0.2) is 0 Å². The van der Waals surface area contributed by atoms with Crippen LogP contribution in [0.5, 0.6) is 0 Å². The molecular weight excluding hydrogens is 368 g/mol. The second-order valence-electron chi connectivity index (χ2n) is 11.4. The zero-order valence-electron chi connectivity index (χ0n) is 18.3. The van der Waals surface area contributed by atoms with Crippen LogP contribution in [0.25, 0.3) is 0 Å². The van der Waals surface area contributed by atoms with E-state index in [9.17, 15) is 20.1 Å². The molecular formula is C24H40O5. The number of hydrogen-bond acceptors (Lipinski definition) is 4. The van der Waals surface area contributed by atoms with Crippen LogP contribution in [0.1, 0.15) is 78.6 Å². The minimum absolute atomic E-state index is 0.0957. The van der Waals surface area contributed by atoms with E-state index in [2.05, 4.69) is 20.8 Å². The zero-order chi connectivity index (χ0) is 21.1. The van der Waals surface area contributed by atoms with Gasteiger partial charge in [0.05, 0.1) is 18.3 Å². The van der Waals surface area contributed by atoms with E-state index in [1.165, 1.54) is 0 Å². The van der Waals surface area contributed by atoms with Crippen molar-refractivity contribution in [3.05, 3.63) is 0 Å². The number of carboxylic acids is 1. The summed E-state index contributed by atoms with van der Waals surface area (Å²) in [6.07, 6.45) is 6.00. The van der Waals surface area contributed by atoms with Crippen LogP contribution >= 0.6 is 0 Å². The first-order chi connectivity index (χ1) is 13.6. The van der Waals surface area contributed by atoms with Crippen LogP contribution in [-0.4, -0.2) is 44.7 Å². The highest BCUT2D eigenvalue weighted by atomic mass is 16.4. The lowest BCUT2D eigenvalue weighted by atomic mass is 9.43. The standard InChI is InChI=1S/C24H40O5/c1-13(4-7-21(28)29)16-5-6-17-22-18(12-20(27)24(16,17)3)23(2)9-8-15(25)10-14(23)11-19(22)26/h13-20,22,25-27H,4-12H2,1-3H3,(H,28,29)/t13?,14-,15+,16+,17-,18-,19?,20-,22?,23-,24+/m0/s1. The van der Waals surface area contributed by atoms with Gasteiger partial charge < -0.3 is 20.4 Å². The van der Waals surface area contributed by atoms with Gasteiger partial charge in [-0.15, -0.1) is 0 Å². The quantitative estimate of drug-likeness (QED) is 0.571. The van der Waals surface area contributed by atoms with E-state index in [0.29, 0.717) is 30.1 Å². The minimum atomic E-state index is -0.748. The lowest BCUT2D eigenvalue weighted by Crippen LogP contribution is -2.62. The summed E-state index contributed by atoms with van der Waals surface area (Å²) in [7, 11) is 0. The first-order valence-electron chi connectivity index (χ1n) is 11.8. The lowest BCUT2D eigenvalue weighted by molar-refractivity contribution is -0.207. The van der Waals surface area contributed by atoms with Crippen molar-refractivity contribution >= 4 is 5.97 Å². The van der Waals surface area contributed by atoms with Crippen molar-refractivity contribution in [2.45, 2.75) is 96.9 Å². The summed E-state index contributed by atoms with van der Waals surface area (Å²) in [6.45, 7) is 6.72. The molecule has 0 aliphatic heterocycles. The van der Waals surface area contributed by atoms with Crippen molar-refractivity contribution in [3.63, 3.8) is 0 Å². The summed E-state index contributed by atoms with van der Waals surface area (Å²) in [6, 6.07) is 0. The van der Waals surface area contributed by atoms with Gasteiger partial charge >= 0.3 is 5.97 Å². The third-order valence-corrected chi connectivity index (χ3v) is 10.3. The van der Waals surface area contributed by atoms with E-state index in [-0.39, 0.29) is 41.3 Å². The Labute approximate surface area is 174 Å². The minimum Gasteiger partial charge on any atom is -0.481 e. The zero-order valence-corrected chi connectivity index (χ0v) is 18.3. The average molecular weight is 409 g/mol. The number of hydrogen-bond donors (Lipinski definition) is 4. The smallest absolute Gasteiger partial charge is 0.303 e. The Bertz CT molecular complexity index is 637. The number of rotatable bonds is 4. The van der Waals surface area contributed by atoms with Gasteiger partial charge in [-0.2, -0.15) is 0 Å². The molecule has 5 heteroatoms. The molecule has 166 valence electrons. The second kappa shape index (κ2) is 7.49. The Balaban J connectivity index is 1.61. The molecule has 0 bridgehead atoms. The highest BCUT2D eigenvalue weighted by molar-refractivity contribution is 5.66. The molecule has 4 rings (SSSR count). The summed E-state index contributed by atoms with van der Waals surface area (Å²) in [5.74, 6) is 0.997. The Morgan fingerprint density at radius 3 is 2.45 bits per heavy atom. The third-order valence-electron chi connectivity index (χ3n) is 10.3. The van der Waals surface area contributed by atoms with Gasteiger partial charge in [-0.3, -0.25) is 4.79 Å². The molecule has 29 heavy (non-hydrogen) atoms. The topological polar surface area (TPSA) is 98.0 Å². The van der Waals surface area contributed by atoms with E-state index < -0.39 is 12.1 Å². The molecule has 0 aromatic heterocycles. The molecule has 4 fully saturated rings. The largest absolute Gasteiger partial charge is 0.481 e. The second-order valence-corrected chi connectivity index (χ2v) is 11.4. The van der Waals surface area contributed by atoms with Crippen molar-refractivity contribution in [1.82, 2.24) is 0 Å². The molecule has 0 spiro atoms. The molecule has 0 amide bonds. The first kappa shape index (κ1) is 21.6. The highest BCUT2D eigenvalue weighted by Gasteiger charge is 2.65. The van der Waals surface area contributed by atoms with Crippen LogP contribution in [0.4, 0.5) is 0 Å². The molecule has 3 unspecified atom stereocenters. The van der Waals surface area contributed by atoms with Crippen molar-refractivity contribution in [2.75, 3.05) is 0 Å². The molecule has 0 saturated heterocycles. The van der Waals surface area contributed by atoms with Gasteiger partial charge in [-0.05, 0) is 97.7 Å². The maximum atomic E-state index is 11.5. The van der Waals surface area contributed by atoms with Crippen LogP contribution in [-0.2, 0) is 4.79 Å². The number of aliphatic hydroxyl groups excluding tert-OH is 3. The van der Waals surface area contributed by atoms with Gasteiger partial charge in [0.2, 0.25) is 0 Å². The van der Waals surface area contributed by atoms with E-state index in [0.717, 1.165) is 44.9 Å². The van der Waals surface area contributed by atoms with Crippen molar-refractivity contribution in [1.29, 1.82) is 0 Å². The maximum absolute atomic E-state index is 11.5. The van der Waals surface area contributed by atoms with Gasteiger partial charge in [0.1, 0.15) is 0 Å². The van der Waals surface area contributed by atoms with Gasteiger partial charge in [-0.1, -0.05) is 20.8 Å². The summed E-state index contributed by atoms with van der Waals surface area (Å²) in [4.78, 5) is 11.1. The van der Waals surface area contributed by atoms with Crippen molar-refractivity contribution in [2.24, 2.45) is 46.3 Å². The Morgan fingerprint density at radius 1 is 1.03 bits per heavy atom. The molecule has 4 aliphatic carbocycles. The number of carbonyl (C=O) groups is 1. The van der Waals surface area contributed by atoms with Crippen LogP contribution in [0.3, 0.4) is 0 Å². The number of carboxylic acid groups (broad SMARTS) is 1. The van der Waals surface area contributed by atoms with E-state index >= 15 is 0 Å². The Kier molecular flexibility index (Phi) is 5.57. The SMILES string of the molecule is CC(CCC(=O)O)[C@H]1CC[C@H]2C3C(O)C[C@@H]4C[C@H](O)CC[C@]4(C)[C@H]3C[C@H](O)[C@]12C. The van der Waals surface area contributed by atoms with Crippen LogP contribution in [0.15, 0.2) is 0 Å². The van der Waals surface area contributed by atoms with Crippen LogP contribution < -0.4 is 0 Å². The molecule has 4 N–H and O–H groups in total. The van der Waals surface area contributed by atoms with E-state index in [1.54, 1.807) is 0 Å². The van der Waals surface area contributed by atoms with Crippen LogP contribution in [0.2, 0.25) is 0 Å². The fourth-order valence-corrected chi connectivity index (χ4v) is 8.68.